The molecule has 3 aromatic heterocycles. The lowest BCUT2D eigenvalue weighted by atomic mass is 9.98. The van der Waals surface area contributed by atoms with Gasteiger partial charge < -0.3 is 15.4 Å². The summed E-state index contributed by atoms with van der Waals surface area (Å²) < 4.78 is 71.4. The van der Waals surface area contributed by atoms with E-state index in [0.717, 1.165) is 12.3 Å². The molecule has 0 radical (unpaired) electrons. The quantitative estimate of drug-likeness (QED) is 0.573. The second kappa shape index (κ2) is 8.97. The van der Waals surface area contributed by atoms with Gasteiger partial charge in [0.2, 0.25) is 0 Å². The number of ether oxygens (including phenoxy) is 1. The zero-order chi connectivity index (χ0) is 27.3. The minimum absolute atomic E-state index is 0.0169. The van der Waals surface area contributed by atoms with Gasteiger partial charge in [0, 0.05) is 32.7 Å². The molecule has 1 fully saturated rings. The number of aromatic nitrogens is 4. The molecule has 2 atom stereocenters. The Hall–Kier alpha value is -3.07. The normalized spacial score (nSPS) is 22.7. The van der Waals surface area contributed by atoms with E-state index in [1.807, 2.05) is 0 Å². The second-order valence-corrected chi connectivity index (χ2v) is 7.08. The number of nitrogens with zero attached hydrogens (tertiary/aromatic N) is 5. The average molecular weight is 433 g/mol. The van der Waals surface area contributed by atoms with Crippen LogP contribution in [0.1, 0.15) is 68.9 Å². The second-order valence-electron chi connectivity index (χ2n) is 7.08. The number of aryl methyl sites for hydroxylation is 1. The lowest BCUT2D eigenvalue weighted by molar-refractivity contribution is 0.0528. The summed E-state index contributed by atoms with van der Waals surface area (Å²) in [4.78, 5) is 22.3. The summed E-state index contributed by atoms with van der Waals surface area (Å²) >= 11 is 0. The summed E-state index contributed by atoms with van der Waals surface area (Å²) in [5.74, 6) is -1.18. The van der Waals surface area contributed by atoms with Gasteiger partial charge in [-0.3, -0.25) is 4.98 Å². The summed E-state index contributed by atoms with van der Waals surface area (Å²) in [5, 5.41) is 4.10. The van der Waals surface area contributed by atoms with Crippen LogP contribution in [0.2, 0.25) is 0 Å². The SMILES string of the molecule is [2H]C1([2H])CC(c2cc(F)cnc2C([2H])([2H])C([2H])([2H])[C@@H](C)N)N(c2ccn3ncc(C(=O)OCC)c3n2)C1. The minimum atomic E-state index is -2.73. The predicted octanol–water partition coefficient (Wildman–Crippen LogP) is 3.06. The highest BCUT2D eigenvalue weighted by Crippen LogP contribution is 2.37. The van der Waals surface area contributed by atoms with Crippen molar-refractivity contribution in [3.05, 3.63) is 53.4 Å². The van der Waals surface area contributed by atoms with E-state index in [2.05, 4.69) is 15.1 Å². The first-order chi connectivity index (χ1) is 17.2. The maximum atomic E-state index is 14.5. The Morgan fingerprint density at radius 2 is 2.35 bits per heavy atom. The van der Waals surface area contributed by atoms with Gasteiger partial charge in [-0.2, -0.15) is 5.10 Å². The Kier molecular flexibility index (Phi) is 4.30. The summed E-state index contributed by atoms with van der Waals surface area (Å²) in [6.07, 6.45) is -3.61. The zero-order valence-corrected chi connectivity index (χ0v) is 17.2. The largest absolute Gasteiger partial charge is 0.462 e. The van der Waals surface area contributed by atoms with Crippen molar-refractivity contribution in [2.75, 3.05) is 18.1 Å². The first kappa shape index (κ1) is 14.9. The van der Waals surface area contributed by atoms with Crippen LogP contribution < -0.4 is 10.6 Å². The third-order valence-corrected chi connectivity index (χ3v) is 4.80. The molecule has 2 N–H and O–H groups in total. The van der Waals surface area contributed by atoms with Gasteiger partial charge in [0.25, 0.3) is 0 Å². The molecule has 0 aromatic carbocycles. The van der Waals surface area contributed by atoms with E-state index in [1.54, 1.807) is 13.0 Å². The molecule has 0 spiro atoms. The highest BCUT2D eigenvalue weighted by molar-refractivity contribution is 5.95. The van der Waals surface area contributed by atoms with Crippen LogP contribution in [0.4, 0.5) is 10.2 Å². The smallest absolute Gasteiger partial charge is 0.343 e. The van der Waals surface area contributed by atoms with Crippen LogP contribution in [-0.2, 0) is 11.1 Å². The van der Waals surface area contributed by atoms with Gasteiger partial charge in [0.1, 0.15) is 17.2 Å². The first-order valence-electron chi connectivity index (χ1n) is 12.9. The summed E-state index contributed by atoms with van der Waals surface area (Å²) in [7, 11) is 0. The van der Waals surface area contributed by atoms with Gasteiger partial charge in [-0.05, 0) is 57.1 Å². The topological polar surface area (TPSA) is 98.6 Å². The van der Waals surface area contributed by atoms with Crippen molar-refractivity contribution in [2.45, 2.75) is 51.5 Å². The van der Waals surface area contributed by atoms with E-state index in [1.165, 1.54) is 28.7 Å². The molecule has 8 nitrogen and oxygen atoms in total. The fourth-order valence-corrected chi connectivity index (χ4v) is 3.43. The number of fused-ring (bicyclic) bond motifs is 1. The Morgan fingerprint density at radius 1 is 1.52 bits per heavy atom. The highest BCUT2D eigenvalue weighted by atomic mass is 19.1. The standard InChI is InChI=1S/C22H27FN6O2/c1-3-31-22(30)17-13-26-29-10-8-20(27-21(17)29)28-9-4-5-19(28)16-11-15(23)12-25-18(16)7-6-14(2)24/h8,10-14,19H,3-7,9,24H2,1-2H3/t14-,19?/m1/s1/i4D2,6D2,7D2. The number of hydrogen-bond donors (Lipinski definition) is 1. The molecular weight excluding hydrogens is 399 g/mol. The van der Waals surface area contributed by atoms with Gasteiger partial charge in [0.05, 0.1) is 25.0 Å². The number of carbonyl (C=O) groups is 1. The van der Waals surface area contributed by atoms with Crippen LogP contribution >= 0.6 is 0 Å². The lowest BCUT2D eigenvalue weighted by Crippen LogP contribution is -2.25. The van der Waals surface area contributed by atoms with Crippen LogP contribution in [0.3, 0.4) is 0 Å². The fraction of sp³-hybridized carbons (Fsp3) is 0.455. The van der Waals surface area contributed by atoms with Gasteiger partial charge >= 0.3 is 5.97 Å². The molecule has 1 aliphatic heterocycles. The van der Waals surface area contributed by atoms with Crippen LogP contribution in [0.5, 0.6) is 0 Å². The molecule has 1 aliphatic rings. The molecule has 164 valence electrons. The van der Waals surface area contributed by atoms with E-state index in [0.29, 0.717) is 0 Å². The molecule has 1 saturated heterocycles. The van der Waals surface area contributed by atoms with E-state index >= 15 is 0 Å². The number of hydrogen-bond acceptors (Lipinski definition) is 7. The summed E-state index contributed by atoms with van der Waals surface area (Å²) in [6, 6.07) is 0.417. The first-order valence-corrected chi connectivity index (χ1v) is 9.89. The molecule has 0 amide bonds. The fourth-order valence-electron chi connectivity index (χ4n) is 3.43. The lowest BCUT2D eigenvalue weighted by Gasteiger charge is -2.27. The van der Waals surface area contributed by atoms with Crippen molar-refractivity contribution in [1.82, 2.24) is 19.6 Å². The summed E-state index contributed by atoms with van der Waals surface area (Å²) in [6.45, 7) is 2.96. The van der Waals surface area contributed by atoms with E-state index < -0.39 is 43.0 Å². The average Bonchev–Trinajstić information content (AvgIpc) is 3.38. The molecule has 0 aliphatic carbocycles. The summed E-state index contributed by atoms with van der Waals surface area (Å²) in [5.41, 5.74) is 5.64. The van der Waals surface area contributed by atoms with Crippen LogP contribution in [0.15, 0.2) is 30.7 Å². The maximum Gasteiger partial charge on any atom is 0.343 e. The third kappa shape index (κ3) is 4.36. The van der Waals surface area contributed by atoms with Crippen molar-refractivity contribution in [3.8, 4) is 0 Å². The molecule has 3 aromatic rings. The van der Waals surface area contributed by atoms with Gasteiger partial charge in [-0.15, -0.1) is 0 Å². The van der Waals surface area contributed by atoms with E-state index in [4.69, 9.17) is 18.7 Å². The zero-order valence-electron chi connectivity index (χ0n) is 23.2. The molecule has 9 heteroatoms. The molecule has 0 saturated carbocycles. The Balaban J connectivity index is 1.85. The third-order valence-electron chi connectivity index (χ3n) is 4.80. The van der Waals surface area contributed by atoms with Crippen LogP contribution in [-0.4, -0.2) is 44.7 Å². The number of rotatable bonds is 7. The number of pyridine rings is 1. The number of halogens is 1. The number of anilines is 1. The minimum Gasteiger partial charge on any atom is -0.462 e. The Bertz CT molecular complexity index is 1330. The Labute approximate surface area is 188 Å². The van der Waals surface area contributed by atoms with Gasteiger partial charge in [-0.1, -0.05) is 0 Å². The van der Waals surface area contributed by atoms with Crippen molar-refractivity contribution in [1.29, 1.82) is 0 Å². The monoisotopic (exact) mass is 432 g/mol. The molecule has 0 bridgehead atoms. The molecule has 4 rings (SSSR count). The van der Waals surface area contributed by atoms with Gasteiger partial charge in [-0.25, -0.2) is 18.7 Å². The van der Waals surface area contributed by atoms with Crippen molar-refractivity contribution in [3.63, 3.8) is 0 Å². The van der Waals surface area contributed by atoms with Crippen molar-refractivity contribution in [2.24, 2.45) is 5.73 Å². The number of carbonyl (C=O) groups excluding carboxylic acids is 1. The Morgan fingerprint density at radius 3 is 3.13 bits per heavy atom. The van der Waals surface area contributed by atoms with Crippen molar-refractivity contribution < 1.29 is 22.1 Å². The highest BCUT2D eigenvalue weighted by Gasteiger charge is 2.30. The van der Waals surface area contributed by atoms with E-state index in [-0.39, 0.29) is 47.9 Å². The molecule has 31 heavy (non-hydrogen) atoms. The van der Waals surface area contributed by atoms with Crippen LogP contribution in [0.25, 0.3) is 5.65 Å². The van der Waals surface area contributed by atoms with E-state index in [9.17, 15) is 9.18 Å². The predicted molar refractivity (Wildman–Crippen MR) is 114 cm³/mol. The maximum absolute atomic E-state index is 14.5. The molecular formula is C22H27FN6O2. The number of esters is 1. The number of nitrogens with two attached hydrogens (primary N) is 1. The molecule has 4 heterocycles. The van der Waals surface area contributed by atoms with Gasteiger partial charge in [0.15, 0.2) is 5.65 Å². The van der Waals surface area contributed by atoms with Crippen LogP contribution in [0, 0.1) is 5.82 Å². The van der Waals surface area contributed by atoms with Crippen molar-refractivity contribution >= 4 is 17.4 Å². The molecule has 1 unspecified atom stereocenters.